The molecule has 1 saturated carbocycles. The van der Waals surface area contributed by atoms with E-state index in [-0.39, 0.29) is 23.3 Å². The smallest absolute Gasteiger partial charge is 0.335 e. The molecule has 7 heteroatoms. The fourth-order valence-electron chi connectivity index (χ4n) is 2.26. The second kappa shape index (κ2) is 6.13. The van der Waals surface area contributed by atoms with Crippen molar-refractivity contribution in [3.8, 4) is 0 Å². The minimum Gasteiger partial charge on any atom is -0.478 e. The van der Waals surface area contributed by atoms with Gasteiger partial charge in [0.15, 0.2) is 0 Å². The van der Waals surface area contributed by atoms with Crippen molar-refractivity contribution in [3.63, 3.8) is 0 Å². The Balaban J connectivity index is 1.98. The van der Waals surface area contributed by atoms with Gasteiger partial charge in [-0.3, -0.25) is 0 Å². The first kappa shape index (κ1) is 15.9. The molecule has 1 aromatic rings. The summed E-state index contributed by atoms with van der Waals surface area (Å²) in [5.41, 5.74) is 0.418. The van der Waals surface area contributed by atoms with E-state index in [1.807, 2.05) is 0 Å². The number of aromatic carboxylic acids is 1. The van der Waals surface area contributed by atoms with Crippen LogP contribution in [-0.2, 0) is 15.8 Å². The first-order chi connectivity index (χ1) is 9.86. The summed E-state index contributed by atoms with van der Waals surface area (Å²) < 4.78 is 26.6. The minimum atomic E-state index is -3.51. The second-order valence-electron chi connectivity index (χ2n) is 5.56. The molecule has 0 saturated heterocycles. The minimum absolute atomic E-state index is 0.0579. The predicted octanol–water partition coefficient (Wildman–Crippen LogP) is 0.967. The van der Waals surface area contributed by atoms with Crippen LogP contribution in [0.15, 0.2) is 24.3 Å². The summed E-state index contributed by atoms with van der Waals surface area (Å²) >= 11 is 0. The van der Waals surface area contributed by atoms with Crippen molar-refractivity contribution in [2.24, 2.45) is 5.41 Å². The maximum Gasteiger partial charge on any atom is 0.335 e. The third-order valence-corrected chi connectivity index (χ3v) is 5.09. The number of benzene rings is 1. The van der Waals surface area contributed by atoms with Gasteiger partial charge in [0.1, 0.15) is 0 Å². The molecule has 1 aliphatic carbocycles. The van der Waals surface area contributed by atoms with Gasteiger partial charge < -0.3 is 10.2 Å². The molecule has 116 valence electrons. The fourth-order valence-corrected chi connectivity index (χ4v) is 3.50. The van der Waals surface area contributed by atoms with Crippen LogP contribution in [0.25, 0.3) is 0 Å². The third kappa shape index (κ3) is 4.52. The van der Waals surface area contributed by atoms with E-state index >= 15 is 0 Å². The Kier molecular flexibility index (Phi) is 4.65. The number of hydrogen-bond donors (Lipinski definition) is 3. The molecule has 0 heterocycles. The molecular formula is C14H19NO5S. The fraction of sp³-hybridized carbons (Fsp3) is 0.500. The average molecular weight is 313 g/mol. The third-order valence-electron chi connectivity index (χ3n) is 3.80. The maximum atomic E-state index is 12.0. The van der Waals surface area contributed by atoms with Gasteiger partial charge in [0.25, 0.3) is 0 Å². The molecular weight excluding hydrogens is 294 g/mol. The average Bonchev–Trinajstić information content (AvgIpc) is 3.17. The summed E-state index contributed by atoms with van der Waals surface area (Å²) in [5, 5.41) is 17.9. The highest BCUT2D eigenvalue weighted by molar-refractivity contribution is 7.88. The van der Waals surface area contributed by atoms with E-state index in [1.54, 1.807) is 6.07 Å². The molecule has 1 aliphatic rings. The number of carboxylic acid groups (broad SMARTS) is 1. The number of aliphatic hydroxyl groups is 1. The van der Waals surface area contributed by atoms with Crippen LogP contribution in [0, 0.1) is 5.41 Å². The Hall–Kier alpha value is -1.44. The predicted molar refractivity (Wildman–Crippen MR) is 77.4 cm³/mol. The molecule has 1 aromatic carbocycles. The van der Waals surface area contributed by atoms with E-state index in [1.165, 1.54) is 18.2 Å². The summed E-state index contributed by atoms with van der Waals surface area (Å²) in [7, 11) is -3.51. The van der Waals surface area contributed by atoms with Crippen LogP contribution in [0.2, 0.25) is 0 Å². The van der Waals surface area contributed by atoms with Gasteiger partial charge in [-0.15, -0.1) is 0 Å². The van der Waals surface area contributed by atoms with Crippen LogP contribution in [-0.4, -0.2) is 37.8 Å². The van der Waals surface area contributed by atoms with Crippen LogP contribution in [0.5, 0.6) is 0 Å². The highest BCUT2D eigenvalue weighted by Gasteiger charge is 2.42. The number of sulfonamides is 1. The summed E-state index contributed by atoms with van der Waals surface area (Å²) in [6.45, 7) is 0.386. The first-order valence-corrected chi connectivity index (χ1v) is 8.42. The lowest BCUT2D eigenvalue weighted by atomic mass is 10.0. The van der Waals surface area contributed by atoms with E-state index in [4.69, 9.17) is 10.2 Å². The molecule has 0 bridgehead atoms. The number of carbonyl (C=O) groups is 1. The molecule has 0 radical (unpaired) electrons. The molecule has 0 spiro atoms. The van der Waals surface area contributed by atoms with Crippen molar-refractivity contribution >= 4 is 16.0 Å². The van der Waals surface area contributed by atoms with Crippen LogP contribution in [0.3, 0.4) is 0 Å². The van der Waals surface area contributed by atoms with Gasteiger partial charge in [-0.25, -0.2) is 17.9 Å². The summed E-state index contributed by atoms with van der Waals surface area (Å²) in [5.74, 6) is -1.33. The van der Waals surface area contributed by atoms with Gasteiger partial charge in [0.05, 0.1) is 11.3 Å². The molecule has 0 unspecified atom stereocenters. The quantitative estimate of drug-likeness (QED) is 0.663. The Morgan fingerprint density at radius 3 is 2.62 bits per heavy atom. The van der Waals surface area contributed by atoms with E-state index < -0.39 is 16.0 Å². The van der Waals surface area contributed by atoms with Crippen molar-refractivity contribution in [1.29, 1.82) is 0 Å². The zero-order valence-corrected chi connectivity index (χ0v) is 12.4. The van der Waals surface area contributed by atoms with Crippen LogP contribution < -0.4 is 4.72 Å². The standard InChI is InChI=1S/C14H19NO5S/c16-7-6-14(4-5-14)10-15-21(19,20)9-11-2-1-3-12(8-11)13(17)18/h1-3,8,15-16H,4-7,9-10H2,(H,17,18). The van der Waals surface area contributed by atoms with Crippen LogP contribution in [0.4, 0.5) is 0 Å². The van der Waals surface area contributed by atoms with Gasteiger partial charge in [-0.1, -0.05) is 12.1 Å². The molecule has 2 rings (SSSR count). The van der Waals surface area contributed by atoms with E-state index in [2.05, 4.69) is 4.72 Å². The molecule has 6 nitrogen and oxygen atoms in total. The van der Waals surface area contributed by atoms with Crippen molar-refractivity contribution in [2.45, 2.75) is 25.0 Å². The Morgan fingerprint density at radius 1 is 1.33 bits per heavy atom. The molecule has 1 fully saturated rings. The molecule has 0 aliphatic heterocycles. The van der Waals surface area contributed by atoms with Gasteiger partial charge in [0.2, 0.25) is 10.0 Å². The second-order valence-corrected chi connectivity index (χ2v) is 7.37. The normalized spacial score (nSPS) is 16.6. The number of aliphatic hydroxyl groups excluding tert-OH is 1. The largest absolute Gasteiger partial charge is 0.478 e. The van der Waals surface area contributed by atoms with Gasteiger partial charge in [-0.05, 0) is 42.4 Å². The van der Waals surface area contributed by atoms with E-state index in [9.17, 15) is 13.2 Å². The Labute approximate surface area is 123 Å². The highest BCUT2D eigenvalue weighted by atomic mass is 32.2. The van der Waals surface area contributed by atoms with Crippen LogP contribution in [0.1, 0.15) is 35.2 Å². The van der Waals surface area contributed by atoms with Crippen molar-refractivity contribution in [3.05, 3.63) is 35.4 Å². The number of carboxylic acids is 1. The summed E-state index contributed by atoms with van der Waals surface area (Å²) in [6, 6.07) is 5.91. The lowest BCUT2D eigenvalue weighted by molar-refractivity contribution is 0.0696. The van der Waals surface area contributed by atoms with Gasteiger partial charge in [-0.2, -0.15) is 0 Å². The zero-order valence-electron chi connectivity index (χ0n) is 11.6. The molecule has 0 aromatic heterocycles. The Bertz CT molecular complexity index is 622. The zero-order chi connectivity index (χ0) is 15.5. The maximum absolute atomic E-state index is 12.0. The topological polar surface area (TPSA) is 104 Å². The number of nitrogens with one attached hydrogen (secondary N) is 1. The lowest BCUT2D eigenvalue weighted by Crippen LogP contribution is -2.31. The molecule has 0 atom stereocenters. The SMILES string of the molecule is O=C(O)c1cccc(CS(=O)(=O)NCC2(CCO)CC2)c1. The van der Waals surface area contributed by atoms with E-state index in [0.29, 0.717) is 18.5 Å². The van der Waals surface area contributed by atoms with Crippen molar-refractivity contribution < 1.29 is 23.4 Å². The summed E-state index contributed by atoms with van der Waals surface area (Å²) in [4.78, 5) is 10.9. The number of hydrogen-bond acceptors (Lipinski definition) is 4. The Morgan fingerprint density at radius 2 is 2.05 bits per heavy atom. The van der Waals surface area contributed by atoms with E-state index in [0.717, 1.165) is 12.8 Å². The van der Waals surface area contributed by atoms with Crippen molar-refractivity contribution in [1.82, 2.24) is 4.72 Å². The summed E-state index contributed by atoms with van der Waals surface area (Å²) in [6.07, 6.45) is 2.44. The molecule has 3 N–H and O–H groups in total. The highest BCUT2D eigenvalue weighted by Crippen LogP contribution is 2.48. The first-order valence-electron chi connectivity index (χ1n) is 6.76. The lowest BCUT2D eigenvalue weighted by Gasteiger charge is -2.14. The van der Waals surface area contributed by atoms with Crippen LogP contribution >= 0.6 is 0 Å². The van der Waals surface area contributed by atoms with Gasteiger partial charge >= 0.3 is 5.97 Å². The monoisotopic (exact) mass is 313 g/mol. The molecule has 21 heavy (non-hydrogen) atoms. The van der Waals surface area contributed by atoms with Gasteiger partial charge in [0, 0.05) is 13.2 Å². The molecule has 0 amide bonds. The van der Waals surface area contributed by atoms with Crippen molar-refractivity contribution in [2.75, 3.05) is 13.2 Å². The number of rotatable bonds is 8.